The van der Waals surface area contributed by atoms with E-state index in [4.69, 9.17) is 4.74 Å². The summed E-state index contributed by atoms with van der Waals surface area (Å²) in [4.78, 5) is 20.4. The molecule has 6 heteroatoms. The molecule has 1 aromatic heterocycles. The second-order valence-corrected chi connectivity index (χ2v) is 8.48. The van der Waals surface area contributed by atoms with Crippen molar-refractivity contribution in [2.45, 2.75) is 52.6 Å². The fourth-order valence-corrected chi connectivity index (χ4v) is 4.62. The Bertz CT molecular complexity index is 564. The quantitative estimate of drug-likeness (QED) is 0.906. The number of thiazole rings is 1. The Balaban J connectivity index is 1.61. The van der Waals surface area contributed by atoms with Crippen molar-refractivity contribution in [3.63, 3.8) is 0 Å². The lowest BCUT2D eigenvalue weighted by atomic mass is 9.69. The number of ether oxygens (including phenoxy) is 1. The maximum absolute atomic E-state index is 12.2. The summed E-state index contributed by atoms with van der Waals surface area (Å²) in [7, 11) is 0. The van der Waals surface area contributed by atoms with Crippen molar-refractivity contribution in [1.29, 1.82) is 0 Å². The Morgan fingerprint density at radius 2 is 2.21 bits per heavy atom. The number of nitrogens with zero attached hydrogens (tertiary/aromatic N) is 2. The van der Waals surface area contributed by atoms with Gasteiger partial charge in [-0.25, -0.2) is 4.98 Å². The SMILES string of the molecule is Cc1ncsc1CN1CCC2(CCOCC2NC(=O)C(C)C)CC1. The van der Waals surface area contributed by atoms with Crippen LogP contribution in [0.25, 0.3) is 0 Å². The average molecular weight is 352 g/mol. The molecule has 0 saturated carbocycles. The molecular weight excluding hydrogens is 322 g/mol. The van der Waals surface area contributed by atoms with Crippen LogP contribution in [0.15, 0.2) is 5.51 Å². The number of aromatic nitrogens is 1. The number of hydrogen-bond acceptors (Lipinski definition) is 5. The number of likely N-dealkylation sites (tertiary alicyclic amines) is 1. The van der Waals surface area contributed by atoms with Crippen LogP contribution in [-0.2, 0) is 16.1 Å². The second-order valence-electron chi connectivity index (χ2n) is 7.54. The molecule has 0 bridgehead atoms. The van der Waals surface area contributed by atoms with Crippen molar-refractivity contribution in [2.24, 2.45) is 11.3 Å². The first kappa shape index (κ1) is 17.8. The fourth-order valence-electron chi connectivity index (χ4n) is 3.80. The minimum Gasteiger partial charge on any atom is -0.379 e. The van der Waals surface area contributed by atoms with E-state index in [2.05, 4.69) is 22.1 Å². The third-order valence-electron chi connectivity index (χ3n) is 5.67. The van der Waals surface area contributed by atoms with Gasteiger partial charge < -0.3 is 10.1 Å². The van der Waals surface area contributed by atoms with Crippen LogP contribution in [0.3, 0.4) is 0 Å². The molecule has 1 amide bonds. The molecule has 1 spiro atoms. The summed E-state index contributed by atoms with van der Waals surface area (Å²) in [6.45, 7) is 10.7. The fraction of sp³-hybridized carbons (Fsp3) is 0.778. The van der Waals surface area contributed by atoms with Crippen molar-refractivity contribution in [2.75, 3.05) is 26.3 Å². The molecular formula is C18H29N3O2S. The van der Waals surface area contributed by atoms with Gasteiger partial charge in [0.2, 0.25) is 5.91 Å². The van der Waals surface area contributed by atoms with E-state index < -0.39 is 0 Å². The van der Waals surface area contributed by atoms with Crippen LogP contribution in [0, 0.1) is 18.3 Å². The monoisotopic (exact) mass is 351 g/mol. The predicted octanol–water partition coefficient (Wildman–Crippen LogP) is 2.59. The molecule has 1 unspecified atom stereocenters. The number of aryl methyl sites for hydroxylation is 1. The number of carbonyl (C=O) groups excluding carboxylic acids is 1. The van der Waals surface area contributed by atoms with E-state index in [9.17, 15) is 4.79 Å². The standard InChI is InChI=1S/C18H29N3O2S/c1-13(2)17(22)20-16-11-23-9-6-18(16)4-7-21(8-5-18)10-15-14(3)19-12-24-15/h12-13,16H,4-11H2,1-3H3,(H,20,22). The van der Waals surface area contributed by atoms with Gasteiger partial charge >= 0.3 is 0 Å². The summed E-state index contributed by atoms with van der Waals surface area (Å²) < 4.78 is 5.68. The Hall–Kier alpha value is -0.980. The number of hydrogen-bond donors (Lipinski definition) is 1. The van der Waals surface area contributed by atoms with Gasteiger partial charge in [0.1, 0.15) is 0 Å². The average Bonchev–Trinajstić information content (AvgIpc) is 2.97. The zero-order chi connectivity index (χ0) is 17.2. The van der Waals surface area contributed by atoms with E-state index in [1.165, 1.54) is 4.88 Å². The van der Waals surface area contributed by atoms with Gasteiger partial charge in [0.15, 0.2) is 0 Å². The molecule has 2 aliphatic rings. The number of amides is 1. The minimum absolute atomic E-state index is 0.0263. The highest BCUT2D eigenvalue weighted by atomic mass is 32.1. The van der Waals surface area contributed by atoms with Crippen molar-refractivity contribution < 1.29 is 9.53 Å². The van der Waals surface area contributed by atoms with Gasteiger partial charge in [-0.15, -0.1) is 11.3 Å². The van der Waals surface area contributed by atoms with Gasteiger partial charge in [-0.2, -0.15) is 0 Å². The van der Waals surface area contributed by atoms with Gasteiger partial charge in [-0.05, 0) is 44.7 Å². The van der Waals surface area contributed by atoms with Crippen molar-refractivity contribution >= 4 is 17.2 Å². The van der Waals surface area contributed by atoms with E-state index in [1.807, 2.05) is 19.4 Å². The Labute approximate surface area is 148 Å². The van der Waals surface area contributed by atoms with E-state index in [0.29, 0.717) is 6.61 Å². The van der Waals surface area contributed by atoms with Gasteiger partial charge in [-0.1, -0.05) is 13.8 Å². The molecule has 3 rings (SSSR count). The van der Waals surface area contributed by atoms with Crippen LogP contribution >= 0.6 is 11.3 Å². The first-order valence-corrected chi connectivity index (χ1v) is 9.87. The highest BCUT2D eigenvalue weighted by molar-refractivity contribution is 7.09. The van der Waals surface area contributed by atoms with Gasteiger partial charge in [-0.3, -0.25) is 9.69 Å². The Kier molecular flexibility index (Phi) is 5.57. The van der Waals surface area contributed by atoms with E-state index in [1.54, 1.807) is 11.3 Å². The summed E-state index contributed by atoms with van der Waals surface area (Å²) in [5.41, 5.74) is 3.31. The molecule has 2 aliphatic heterocycles. The minimum atomic E-state index is 0.0263. The third-order valence-corrected chi connectivity index (χ3v) is 6.59. The molecule has 0 aromatic carbocycles. The maximum Gasteiger partial charge on any atom is 0.222 e. The molecule has 134 valence electrons. The summed E-state index contributed by atoms with van der Waals surface area (Å²) >= 11 is 1.75. The normalized spacial score (nSPS) is 24.4. The first-order valence-electron chi connectivity index (χ1n) is 8.99. The highest BCUT2D eigenvalue weighted by Gasteiger charge is 2.44. The lowest BCUT2D eigenvalue weighted by Gasteiger charge is -2.49. The largest absolute Gasteiger partial charge is 0.379 e. The van der Waals surface area contributed by atoms with E-state index in [-0.39, 0.29) is 23.3 Å². The van der Waals surface area contributed by atoms with Crippen molar-refractivity contribution in [1.82, 2.24) is 15.2 Å². The van der Waals surface area contributed by atoms with Crippen molar-refractivity contribution in [3.05, 3.63) is 16.1 Å². The molecule has 0 aliphatic carbocycles. The molecule has 1 aromatic rings. The van der Waals surface area contributed by atoms with E-state index in [0.717, 1.165) is 51.2 Å². The van der Waals surface area contributed by atoms with Crippen molar-refractivity contribution in [3.8, 4) is 0 Å². The van der Waals surface area contributed by atoms with Crippen LogP contribution in [0.1, 0.15) is 43.7 Å². The highest BCUT2D eigenvalue weighted by Crippen LogP contribution is 2.41. The summed E-state index contributed by atoms with van der Waals surface area (Å²) in [6, 6.07) is 0.161. The first-order chi connectivity index (χ1) is 11.5. The predicted molar refractivity (Wildman–Crippen MR) is 96.0 cm³/mol. The zero-order valence-corrected chi connectivity index (χ0v) is 15.8. The lowest BCUT2D eigenvalue weighted by Crippen LogP contribution is -2.58. The number of carbonyl (C=O) groups is 1. The number of nitrogens with one attached hydrogen (secondary N) is 1. The molecule has 1 N–H and O–H groups in total. The van der Waals surface area contributed by atoms with Crippen LogP contribution in [0.2, 0.25) is 0 Å². The Morgan fingerprint density at radius 3 is 2.83 bits per heavy atom. The molecule has 0 radical (unpaired) electrons. The summed E-state index contributed by atoms with van der Waals surface area (Å²) in [5, 5.41) is 3.26. The zero-order valence-electron chi connectivity index (χ0n) is 15.0. The molecule has 3 heterocycles. The van der Waals surface area contributed by atoms with Crippen LogP contribution in [0.5, 0.6) is 0 Å². The van der Waals surface area contributed by atoms with Gasteiger partial charge in [0, 0.05) is 23.9 Å². The Morgan fingerprint density at radius 1 is 1.46 bits per heavy atom. The lowest BCUT2D eigenvalue weighted by molar-refractivity contribution is -0.129. The maximum atomic E-state index is 12.2. The van der Waals surface area contributed by atoms with Crippen LogP contribution < -0.4 is 5.32 Å². The molecule has 5 nitrogen and oxygen atoms in total. The smallest absolute Gasteiger partial charge is 0.222 e. The van der Waals surface area contributed by atoms with Crippen LogP contribution in [0.4, 0.5) is 0 Å². The molecule has 2 saturated heterocycles. The van der Waals surface area contributed by atoms with Gasteiger partial charge in [0.05, 0.1) is 23.9 Å². The molecule has 2 fully saturated rings. The summed E-state index contributed by atoms with van der Waals surface area (Å²) in [6.07, 6.45) is 3.33. The van der Waals surface area contributed by atoms with E-state index >= 15 is 0 Å². The second kappa shape index (κ2) is 7.50. The number of rotatable bonds is 4. The topological polar surface area (TPSA) is 54.5 Å². The summed E-state index contributed by atoms with van der Waals surface area (Å²) in [5.74, 6) is 0.172. The molecule has 24 heavy (non-hydrogen) atoms. The molecule has 1 atom stereocenters. The van der Waals surface area contributed by atoms with Crippen LogP contribution in [-0.4, -0.2) is 48.1 Å². The number of piperidine rings is 1. The third kappa shape index (κ3) is 3.81. The van der Waals surface area contributed by atoms with Gasteiger partial charge in [0.25, 0.3) is 0 Å².